The molecule has 1 aliphatic rings. The van der Waals surface area contributed by atoms with Crippen molar-refractivity contribution in [1.29, 1.82) is 0 Å². The van der Waals surface area contributed by atoms with Crippen molar-refractivity contribution in [3.8, 4) is 0 Å². The molecule has 10 heteroatoms. The van der Waals surface area contributed by atoms with Crippen LogP contribution < -0.4 is 4.72 Å². The van der Waals surface area contributed by atoms with Crippen molar-refractivity contribution >= 4 is 32.5 Å². The summed E-state index contributed by atoms with van der Waals surface area (Å²) >= 11 is 0. The summed E-state index contributed by atoms with van der Waals surface area (Å²) in [5, 5.41) is 8.08. The number of hydrogen-bond acceptors (Lipinski definition) is 5. The number of carbonyl (C=O) groups is 1. The fraction of sp³-hybridized carbons (Fsp3) is 0.409. The van der Waals surface area contributed by atoms with Crippen molar-refractivity contribution in [3.05, 3.63) is 52.9 Å². The van der Waals surface area contributed by atoms with Gasteiger partial charge in [0, 0.05) is 29.6 Å². The van der Waals surface area contributed by atoms with Gasteiger partial charge in [-0.2, -0.15) is 5.10 Å². The van der Waals surface area contributed by atoms with Crippen LogP contribution in [0.3, 0.4) is 0 Å². The summed E-state index contributed by atoms with van der Waals surface area (Å²) in [6.07, 6.45) is 5.91. The summed E-state index contributed by atoms with van der Waals surface area (Å²) in [4.78, 5) is 17.1. The Hall–Kier alpha value is -2.88. The molecular formula is C22H24F2N4O3S. The van der Waals surface area contributed by atoms with E-state index in [-0.39, 0.29) is 12.2 Å². The summed E-state index contributed by atoms with van der Waals surface area (Å²) < 4.78 is 55.3. The first-order valence-corrected chi connectivity index (χ1v) is 12.3. The van der Waals surface area contributed by atoms with Gasteiger partial charge in [-0.1, -0.05) is 19.8 Å². The number of H-pyrrole nitrogens is 1. The summed E-state index contributed by atoms with van der Waals surface area (Å²) in [6, 6.07) is 3.64. The number of benzene rings is 1. The lowest BCUT2D eigenvalue weighted by atomic mass is 9.98. The zero-order chi connectivity index (χ0) is 22.9. The number of nitrogens with zero attached hydrogens (tertiary/aromatic N) is 2. The molecule has 32 heavy (non-hydrogen) atoms. The quantitative estimate of drug-likeness (QED) is 0.481. The SMILES string of the molecule is CCCS(=O)(=O)Nc1ccc(F)c(C(=O)Cc2cnc3n[nH]c(C4CCCC4)c3c2)c1F. The number of Topliss-reactive ketones (excluding diaryl/α,β-unsaturated/α-hetero) is 1. The topological polar surface area (TPSA) is 105 Å². The first kappa shape index (κ1) is 22.3. The Labute approximate surface area is 184 Å². The highest BCUT2D eigenvalue weighted by atomic mass is 32.2. The maximum absolute atomic E-state index is 14.9. The smallest absolute Gasteiger partial charge is 0.232 e. The van der Waals surface area contributed by atoms with E-state index in [1.807, 2.05) is 0 Å². The van der Waals surface area contributed by atoms with Gasteiger partial charge in [0.25, 0.3) is 0 Å². The van der Waals surface area contributed by atoms with Crippen LogP contribution in [0.25, 0.3) is 11.0 Å². The second kappa shape index (κ2) is 8.93. The van der Waals surface area contributed by atoms with Gasteiger partial charge in [0.15, 0.2) is 17.2 Å². The van der Waals surface area contributed by atoms with Gasteiger partial charge in [-0.05, 0) is 43.0 Å². The Balaban J connectivity index is 1.62. The number of anilines is 1. The minimum Gasteiger partial charge on any atom is -0.294 e. The van der Waals surface area contributed by atoms with Crippen LogP contribution in [0, 0.1) is 11.6 Å². The minimum atomic E-state index is -3.80. The monoisotopic (exact) mass is 462 g/mol. The van der Waals surface area contributed by atoms with Gasteiger partial charge in [-0.15, -0.1) is 0 Å². The first-order valence-electron chi connectivity index (χ1n) is 10.6. The third-order valence-electron chi connectivity index (χ3n) is 5.73. The summed E-state index contributed by atoms with van der Waals surface area (Å²) in [5.41, 5.74) is 0.788. The Morgan fingerprint density at radius 2 is 2.00 bits per heavy atom. The second-order valence-corrected chi connectivity index (χ2v) is 9.98. The third-order valence-corrected chi connectivity index (χ3v) is 7.21. The normalized spacial score (nSPS) is 14.8. The summed E-state index contributed by atoms with van der Waals surface area (Å²) in [5.74, 6) is -2.93. The molecule has 4 rings (SSSR count). The molecule has 0 spiro atoms. The molecule has 1 aromatic carbocycles. The molecule has 2 N–H and O–H groups in total. The molecule has 7 nitrogen and oxygen atoms in total. The Bertz CT molecular complexity index is 1270. The van der Waals surface area contributed by atoms with Crippen molar-refractivity contribution in [2.45, 2.75) is 51.4 Å². The molecule has 3 aromatic rings. The minimum absolute atomic E-state index is 0.215. The predicted molar refractivity (Wildman–Crippen MR) is 117 cm³/mol. The molecule has 2 aromatic heterocycles. The molecule has 1 aliphatic carbocycles. The molecule has 0 bridgehead atoms. The van der Waals surface area contributed by atoms with Crippen LogP contribution in [0.2, 0.25) is 0 Å². The van der Waals surface area contributed by atoms with Gasteiger partial charge in [-0.3, -0.25) is 14.6 Å². The van der Waals surface area contributed by atoms with Crippen LogP contribution in [0.5, 0.6) is 0 Å². The van der Waals surface area contributed by atoms with Crippen LogP contribution in [0.15, 0.2) is 24.4 Å². The molecule has 170 valence electrons. The van der Waals surface area contributed by atoms with Gasteiger partial charge in [0.05, 0.1) is 17.0 Å². The van der Waals surface area contributed by atoms with E-state index in [9.17, 15) is 22.0 Å². The van der Waals surface area contributed by atoms with E-state index in [0.29, 0.717) is 23.5 Å². The maximum Gasteiger partial charge on any atom is 0.232 e. The number of sulfonamides is 1. The van der Waals surface area contributed by atoms with Crippen LogP contribution in [0.1, 0.15) is 66.6 Å². The lowest BCUT2D eigenvalue weighted by Crippen LogP contribution is -2.19. The fourth-order valence-corrected chi connectivity index (χ4v) is 5.36. The standard InChI is InChI=1S/C22H24F2N4O3S/c1-2-9-32(30,31)28-17-8-7-16(23)19(20(17)24)18(29)11-13-10-15-21(14-5-3-4-6-14)26-27-22(15)25-12-13/h7-8,10,12,14,28H,2-6,9,11H2,1H3,(H,25,26,27). The number of carbonyl (C=O) groups excluding carboxylic acids is 1. The number of pyridine rings is 1. The van der Waals surface area contributed by atoms with Crippen molar-refractivity contribution in [3.63, 3.8) is 0 Å². The van der Waals surface area contributed by atoms with Crippen molar-refractivity contribution in [1.82, 2.24) is 15.2 Å². The van der Waals surface area contributed by atoms with E-state index < -0.39 is 38.7 Å². The van der Waals surface area contributed by atoms with Gasteiger partial charge >= 0.3 is 0 Å². The largest absolute Gasteiger partial charge is 0.294 e. The number of halogens is 2. The maximum atomic E-state index is 14.9. The zero-order valence-corrected chi connectivity index (χ0v) is 18.4. The molecule has 2 heterocycles. The van der Waals surface area contributed by atoms with Gasteiger partial charge < -0.3 is 0 Å². The number of rotatable bonds is 8. The van der Waals surface area contributed by atoms with Gasteiger partial charge in [-0.25, -0.2) is 22.2 Å². The highest BCUT2D eigenvalue weighted by Gasteiger charge is 2.25. The van der Waals surface area contributed by atoms with E-state index in [0.717, 1.165) is 48.9 Å². The van der Waals surface area contributed by atoms with E-state index in [1.165, 1.54) is 6.20 Å². The van der Waals surface area contributed by atoms with Crippen molar-refractivity contribution in [2.24, 2.45) is 0 Å². The number of aromatic amines is 1. The molecule has 0 saturated heterocycles. The molecule has 0 aliphatic heterocycles. The van der Waals surface area contributed by atoms with E-state index in [1.54, 1.807) is 13.0 Å². The Morgan fingerprint density at radius 1 is 1.25 bits per heavy atom. The highest BCUT2D eigenvalue weighted by Crippen LogP contribution is 2.36. The van der Waals surface area contributed by atoms with Gasteiger partial charge in [0.1, 0.15) is 5.82 Å². The molecular weight excluding hydrogens is 438 g/mol. The van der Waals surface area contributed by atoms with Gasteiger partial charge in [0.2, 0.25) is 10.0 Å². The molecule has 0 amide bonds. The summed E-state index contributed by atoms with van der Waals surface area (Å²) in [6.45, 7) is 1.66. The second-order valence-electron chi connectivity index (χ2n) is 8.14. The Kier molecular flexibility index (Phi) is 6.23. The van der Waals surface area contributed by atoms with Crippen LogP contribution in [-0.4, -0.2) is 35.1 Å². The number of ketones is 1. The van der Waals surface area contributed by atoms with Crippen molar-refractivity contribution < 1.29 is 22.0 Å². The average Bonchev–Trinajstić information content (AvgIpc) is 3.39. The fourth-order valence-electron chi connectivity index (χ4n) is 4.23. The van der Waals surface area contributed by atoms with Crippen molar-refractivity contribution in [2.75, 3.05) is 10.5 Å². The third kappa shape index (κ3) is 4.50. The zero-order valence-electron chi connectivity index (χ0n) is 17.6. The van der Waals surface area contributed by atoms with Crippen LogP contribution in [0.4, 0.5) is 14.5 Å². The van der Waals surface area contributed by atoms with E-state index in [2.05, 4.69) is 19.9 Å². The number of fused-ring (bicyclic) bond motifs is 1. The molecule has 0 radical (unpaired) electrons. The molecule has 1 fully saturated rings. The summed E-state index contributed by atoms with van der Waals surface area (Å²) in [7, 11) is -3.80. The van der Waals surface area contributed by atoms with Crippen LogP contribution >= 0.6 is 0 Å². The van der Waals surface area contributed by atoms with E-state index >= 15 is 0 Å². The number of aromatic nitrogens is 3. The van der Waals surface area contributed by atoms with E-state index in [4.69, 9.17) is 0 Å². The molecule has 0 unspecified atom stereocenters. The average molecular weight is 463 g/mol. The lowest BCUT2D eigenvalue weighted by Gasteiger charge is -2.12. The predicted octanol–water partition coefficient (Wildman–Crippen LogP) is 4.47. The van der Waals surface area contributed by atoms with Crippen LogP contribution in [-0.2, 0) is 16.4 Å². The lowest BCUT2D eigenvalue weighted by molar-refractivity contribution is 0.0985. The highest BCUT2D eigenvalue weighted by molar-refractivity contribution is 7.92. The first-order chi connectivity index (χ1) is 15.3. The number of hydrogen-bond donors (Lipinski definition) is 2. The Morgan fingerprint density at radius 3 is 2.72 bits per heavy atom. The molecule has 0 atom stereocenters. The number of nitrogens with one attached hydrogen (secondary N) is 2. The molecule has 1 saturated carbocycles.